The van der Waals surface area contributed by atoms with Gasteiger partial charge in [-0.2, -0.15) is 0 Å². The van der Waals surface area contributed by atoms with Gasteiger partial charge in [0.05, 0.1) is 5.69 Å². The third kappa shape index (κ3) is 1.72. The second kappa shape index (κ2) is 5.63. The van der Waals surface area contributed by atoms with Crippen molar-refractivity contribution < 1.29 is 14.3 Å². The number of carbonyl (C=O) groups excluding carboxylic acids is 2. The molecule has 3 aromatic rings. The Kier molecular flexibility index (Phi) is 3.37. The molecule has 0 aliphatic carbocycles. The van der Waals surface area contributed by atoms with Crippen molar-refractivity contribution in [3.8, 4) is 5.75 Å². The van der Waals surface area contributed by atoms with E-state index in [1.807, 2.05) is 66.7 Å². The van der Waals surface area contributed by atoms with Crippen molar-refractivity contribution in [2.75, 3.05) is 23.9 Å². The molecular weight excluding hydrogens is 491 g/mol. The Balaban J connectivity index is 1.82. The molecule has 2 unspecified atom stereocenters. The van der Waals surface area contributed by atoms with Gasteiger partial charge in [-0.15, -0.1) is 0 Å². The number of carbonyl (C=O) groups is 2. The molecule has 6 heteroatoms. The predicted molar refractivity (Wildman–Crippen MR) is 122 cm³/mol. The van der Waals surface area contributed by atoms with Crippen LogP contribution in [-0.2, 0) is 20.6 Å². The molecule has 3 heterocycles. The highest BCUT2D eigenvalue weighted by Gasteiger charge is 2.76. The number of halogens is 1. The Bertz CT molecular complexity index is 1290. The van der Waals surface area contributed by atoms with Crippen LogP contribution in [0.3, 0.4) is 0 Å². The SMILES string of the molecule is CN1C(=O)C2(Oc3ccc(I)cc3C23C(=O)N(C)c2ccccc23)c2ccccc21. The summed E-state index contributed by atoms with van der Waals surface area (Å²) in [7, 11) is 3.51. The molecule has 30 heavy (non-hydrogen) atoms. The van der Waals surface area contributed by atoms with Gasteiger partial charge in [-0.05, 0) is 52.9 Å². The third-order valence-corrected chi connectivity index (χ3v) is 7.35. The summed E-state index contributed by atoms with van der Waals surface area (Å²) in [6, 6.07) is 21.1. The molecule has 6 rings (SSSR count). The average Bonchev–Trinajstić information content (AvgIpc) is 3.28. The zero-order valence-corrected chi connectivity index (χ0v) is 18.5. The van der Waals surface area contributed by atoms with Gasteiger partial charge in [0.15, 0.2) is 5.41 Å². The molecular formula is C24H17IN2O3. The number of amides is 2. The van der Waals surface area contributed by atoms with Crippen LogP contribution in [0.15, 0.2) is 66.7 Å². The van der Waals surface area contributed by atoms with Gasteiger partial charge in [-0.1, -0.05) is 36.4 Å². The monoisotopic (exact) mass is 508 g/mol. The molecule has 2 amide bonds. The lowest BCUT2D eigenvalue weighted by Gasteiger charge is -2.37. The Morgan fingerprint density at radius 1 is 0.767 bits per heavy atom. The quantitative estimate of drug-likeness (QED) is 0.434. The van der Waals surface area contributed by atoms with E-state index in [-0.39, 0.29) is 11.8 Å². The van der Waals surface area contributed by atoms with E-state index in [4.69, 9.17) is 4.74 Å². The number of para-hydroxylation sites is 2. The summed E-state index contributed by atoms with van der Waals surface area (Å²) in [6.07, 6.45) is 0. The van der Waals surface area contributed by atoms with Crippen LogP contribution in [0.5, 0.6) is 5.75 Å². The number of fused-ring (bicyclic) bond motifs is 7. The molecule has 2 spiro atoms. The first-order chi connectivity index (χ1) is 14.4. The van der Waals surface area contributed by atoms with E-state index >= 15 is 0 Å². The van der Waals surface area contributed by atoms with E-state index in [2.05, 4.69) is 22.6 Å². The molecule has 0 radical (unpaired) electrons. The zero-order valence-electron chi connectivity index (χ0n) is 16.3. The molecule has 0 bridgehead atoms. The van der Waals surface area contributed by atoms with Crippen LogP contribution in [0.25, 0.3) is 0 Å². The first-order valence-electron chi connectivity index (χ1n) is 9.69. The zero-order chi connectivity index (χ0) is 20.8. The van der Waals surface area contributed by atoms with Gasteiger partial charge in [-0.3, -0.25) is 9.59 Å². The van der Waals surface area contributed by atoms with Gasteiger partial charge < -0.3 is 14.5 Å². The molecule has 0 saturated heterocycles. The molecule has 3 aliphatic heterocycles. The predicted octanol–water partition coefficient (Wildman–Crippen LogP) is 3.82. The fourth-order valence-electron chi connectivity index (χ4n) is 5.46. The largest absolute Gasteiger partial charge is 0.470 e. The van der Waals surface area contributed by atoms with Gasteiger partial charge in [0.25, 0.3) is 5.91 Å². The summed E-state index contributed by atoms with van der Waals surface area (Å²) >= 11 is 2.24. The molecule has 2 atom stereocenters. The topological polar surface area (TPSA) is 49.9 Å². The second-order valence-corrected chi connectivity index (χ2v) is 9.18. The van der Waals surface area contributed by atoms with Crippen molar-refractivity contribution in [3.63, 3.8) is 0 Å². The highest BCUT2D eigenvalue weighted by atomic mass is 127. The summed E-state index contributed by atoms with van der Waals surface area (Å²) in [4.78, 5) is 31.4. The van der Waals surface area contributed by atoms with Gasteiger partial charge in [0.2, 0.25) is 11.5 Å². The van der Waals surface area contributed by atoms with Crippen molar-refractivity contribution >= 4 is 45.8 Å². The standard InChI is InChI=1S/C24H17IN2O3/c1-26-18-9-5-3-7-15(18)23(21(26)28)17-13-14(25)11-12-20(17)30-24(23)16-8-4-6-10-19(16)27(2)22(24)29/h3-13H,1-2H3. The number of hydrogen-bond donors (Lipinski definition) is 0. The number of benzene rings is 3. The Hall–Kier alpha value is -2.87. The highest BCUT2D eigenvalue weighted by molar-refractivity contribution is 14.1. The first kappa shape index (κ1) is 17.9. The van der Waals surface area contributed by atoms with Crippen LogP contribution in [0, 0.1) is 3.57 Å². The van der Waals surface area contributed by atoms with Crippen LogP contribution in [0.2, 0.25) is 0 Å². The maximum Gasteiger partial charge on any atom is 0.277 e. The van der Waals surface area contributed by atoms with Gasteiger partial charge in [0, 0.05) is 40.0 Å². The number of hydrogen-bond acceptors (Lipinski definition) is 3. The van der Waals surface area contributed by atoms with Crippen molar-refractivity contribution in [3.05, 3.63) is 87.0 Å². The molecule has 0 aromatic heterocycles. The number of rotatable bonds is 0. The molecule has 3 aliphatic rings. The fourth-order valence-corrected chi connectivity index (χ4v) is 5.95. The molecule has 3 aromatic carbocycles. The number of likely N-dealkylation sites (N-methyl/N-ethyl adjacent to an activating group) is 2. The van der Waals surface area contributed by atoms with Crippen LogP contribution >= 0.6 is 22.6 Å². The van der Waals surface area contributed by atoms with Crippen LogP contribution in [0.1, 0.15) is 16.7 Å². The maximum atomic E-state index is 14.2. The smallest absolute Gasteiger partial charge is 0.277 e. The first-order valence-corrected chi connectivity index (χ1v) is 10.8. The molecule has 0 saturated carbocycles. The Labute approximate surface area is 187 Å². The highest BCUT2D eigenvalue weighted by Crippen LogP contribution is 2.66. The maximum absolute atomic E-state index is 14.2. The van der Waals surface area contributed by atoms with Crippen LogP contribution in [-0.4, -0.2) is 25.9 Å². The van der Waals surface area contributed by atoms with Crippen molar-refractivity contribution in [2.45, 2.75) is 11.0 Å². The van der Waals surface area contributed by atoms with Crippen molar-refractivity contribution in [1.82, 2.24) is 0 Å². The normalized spacial score (nSPS) is 25.7. The van der Waals surface area contributed by atoms with Crippen LogP contribution in [0.4, 0.5) is 11.4 Å². The van der Waals surface area contributed by atoms with Gasteiger partial charge in [0.1, 0.15) is 5.75 Å². The minimum absolute atomic E-state index is 0.150. The Morgan fingerprint density at radius 2 is 1.37 bits per heavy atom. The van der Waals surface area contributed by atoms with E-state index in [1.165, 1.54) is 0 Å². The molecule has 0 N–H and O–H groups in total. The van der Waals surface area contributed by atoms with E-state index in [9.17, 15) is 9.59 Å². The van der Waals surface area contributed by atoms with E-state index in [1.54, 1.807) is 23.9 Å². The molecule has 148 valence electrons. The van der Waals surface area contributed by atoms with Gasteiger partial charge in [-0.25, -0.2) is 0 Å². The fraction of sp³-hybridized carbons (Fsp3) is 0.167. The molecule has 5 nitrogen and oxygen atoms in total. The number of anilines is 2. The third-order valence-electron chi connectivity index (χ3n) is 6.68. The van der Waals surface area contributed by atoms with Gasteiger partial charge >= 0.3 is 0 Å². The van der Waals surface area contributed by atoms with E-state index in [0.717, 1.165) is 31.6 Å². The van der Waals surface area contributed by atoms with Crippen LogP contribution < -0.4 is 14.5 Å². The summed E-state index contributed by atoms with van der Waals surface area (Å²) in [5.74, 6) is 0.198. The lowest BCUT2D eigenvalue weighted by atomic mass is 9.63. The average molecular weight is 508 g/mol. The number of nitrogens with zero attached hydrogens (tertiary/aromatic N) is 2. The summed E-state index contributed by atoms with van der Waals surface area (Å²) < 4.78 is 7.58. The summed E-state index contributed by atoms with van der Waals surface area (Å²) in [5.41, 5.74) is 1.07. The minimum atomic E-state index is -1.48. The molecule has 0 fully saturated rings. The van der Waals surface area contributed by atoms with Crippen molar-refractivity contribution in [2.24, 2.45) is 0 Å². The second-order valence-electron chi connectivity index (χ2n) is 7.94. The van der Waals surface area contributed by atoms with Crippen molar-refractivity contribution in [1.29, 1.82) is 0 Å². The lowest BCUT2D eigenvalue weighted by molar-refractivity contribution is -0.142. The lowest BCUT2D eigenvalue weighted by Crippen LogP contribution is -2.59. The number of ether oxygens (including phenoxy) is 1. The van der Waals surface area contributed by atoms with E-state index < -0.39 is 11.0 Å². The Morgan fingerprint density at radius 3 is 2.10 bits per heavy atom. The summed E-state index contributed by atoms with van der Waals surface area (Å²) in [5, 5.41) is 0. The van der Waals surface area contributed by atoms with E-state index in [0.29, 0.717) is 5.75 Å². The minimum Gasteiger partial charge on any atom is -0.470 e. The summed E-state index contributed by atoms with van der Waals surface area (Å²) in [6.45, 7) is 0.